The molecule has 0 aliphatic carbocycles. The molecular weight excluding hydrogens is 372 g/mol. The van der Waals surface area contributed by atoms with E-state index in [2.05, 4.69) is 80.3 Å². The standard InChI is InChI=1S/C24H20N6/c1-2-7-23-25-21-10-5-6-11-22(21)30(23)16-17-12-14-18(15-13-17)19-8-3-4-9-20(19)24-26-28-29-27-24/h2-6,8-15H,1,7,16H2,(H,26,27,28,29). The number of fused-ring (bicyclic) bond motifs is 1. The van der Waals surface area contributed by atoms with E-state index in [0.717, 1.165) is 46.5 Å². The van der Waals surface area contributed by atoms with Crippen molar-refractivity contribution in [3.63, 3.8) is 0 Å². The first kappa shape index (κ1) is 18.0. The molecule has 0 spiro atoms. The molecule has 0 unspecified atom stereocenters. The zero-order valence-corrected chi connectivity index (χ0v) is 16.4. The fourth-order valence-electron chi connectivity index (χ4n) is 3.76. The Balaban J connectivity index is 1.49. The lowest BCUT2D eigenvalue weighted by molar-refractivity contribution is 0.768. The maximum Gasteiger partial charge on any atom is 0.205 e. The molecule has 0 aliphatic rings. The number of allylic oxidation sites excluding steroid dienone is 1. The van der Waals surface area contributed by atoms with E-state index < -0.39 is 0 Å². The average molecular weight is 392 g/mol. The van der Waals surface area contributed by atoms with Crippen LogP contribution in [0.5, 0.6) is 0 Å². The minimum absolute atomic E-state index is 0.591. The van der Waals surface area contributed by atoms with Gasteiger partial charge in [0.25, 0.3) is 0 Å². The first-order valence-electron chi connectivity index (χ1n) is 9.80. The van der Waals surface area contributed by atoms with Crippen LogP contribution in [0, 0.1) is 0 Å². The average Bonchev–Trinajstić information content (AvgIpc) is 3.44. The predicted molar refractivity (Wildman–Crippen MR) is 118 cm³/mol. The van der Waals surface area contributed by atoms with Crippen molar-refractivity contribution in [3.05, 3.63) is 96.8 Å². The van der Waals surface area contributed by atoms with E-state index in [1.54, 1.807) is 0 Å². The van der Waals surface area contributed by atoms with Crippen LogP contribution in [0.4, 0.5) is 0 Å². The summed E-state index contributed by atoms with van der Waals surface area (Å²) < 4.78 is 2.26. The highest BCUT2D eigenvalue weighted by Crippen LogP contribution is 2.30. The van der Waals surface area contributed by atoms with Crippen LogP contribution < -0.4 is 0 Å². The van der Waals surface area contributed by atoms with Gasteiger partial charge in [0.1, 0.15) is 5.82 Å². The molecule has 6 nitrogen and oxygen atoms in total. The van der Waals surface area contributed by atoms with E-state index in [9.17, 15) is 0 Å². The molecule has 1 N–H and O–H groups in total. The number of nitrogens with zero attached hydrogens (tertiary/aromatic N) is 5. The molecule has 3 aromatic carbocycles. The van der Waals surface area contributed by atoms with Crippen LogP contribution in [0.1, 0.15) is 11.4 Å². The molecule has 0 saturated carbocycles. The Labute approximate surface area is 173 Å². The number of aromatic nitrogens is 6. The van der Waals surface area contributed by atoms with E-state index >= 15 is 0 Å². The van der Waals surface area contributed by atoms with Crippen molar-refractivity contribution < 1.29 is 0 Å². The molecule has 0 saturated heterocycles. The lowest BCUT2D eigenvalue weighted by atomic mass is 9.98. The van der Waals surface area contributed by atoms with Crippen LogP contribution in [0.25, 0.3) is 33.5 Å². The lowest BCUT2D eigenvalue weighted by Gasteiger charge is -2.11. The molecule has 2 heterocycles. The Hall–Kier alpha value is -4.06. The number of H-pyrrole nitrogens is 1. The normalized spacial score (nSPS) is 11.1. The number of nitrogens with one attached hydrogen (secondary N) is 1. The molecule has 5 aromatic rings. The lowest BCUT2D eigenvalue weighted by Crippen LogP contribution is -2.04. The fourth-order valence-corrected chi connectivity index (χ4v) is 3.76. The van der Waals surface area contributed by atoms with Gasteiger partial charge in [-0.3, -0.25) is 0 Å². The SMILES string of the molecule is C=CCc1nc2ccccc2n1Cc1ccc(-c2ccccc2-c2nn[nH]n2)cc1. The van der Waals surface area contributed by atoms with Crippen LogP contribution in [-0.2, 0) is 13.0 Å². The van der Waals surface area contributed by atoms with Gasteiger partial charge in [0.05, 0.1) is 11.0 Å². The minimum atomic E-state index is 0.591. The second kappa shape index (κ2) is 7.75. The Morgan fingerprint density at radius 2 is 1.67 bits per heavy atom. The van der Waals surface area contributed by atoms with Gasteiger partial charge in [-0.25, -0.2) is 4.98 Å². The Morgan fingerprint density at radius 1 is 0.900 bits per heavy atom. The Morgan fingerprint density at radius 3 is 2.43 bits per heavy atom. The Kier molecular flexibility index (Phi) is 4.65. The van der Waals surface area contributed by atoms with E-state index in [4.69, 9.17) is 4.98 Å². The summed E-state index contributed by atoms with van der Waals surface area (Å²) in [7, 11) is 0. The summed E-state index contributed by atoms with van der Waals surface area (Å²) in [6, 6.07) is 24.9. The molecule has 0 aliphatic heterocycles. The molecule has 0 bridgehead atoms. The fraction of sp³-hybridized carbons (Fsp3) is 0.0833. The number of aromatic amines is 1. The minimum Gasteiger partial charge on any atom is -0.323 e. The highest BCUT2D eigenvalue weighted by Gasteiger charge is 2.12. The molecule has 5 rings (SSSR count). The Bertz CT molecular complexity index is 1300. The number of para-hydroxylation sites is 2. The number of rotatable bonds is 6. The zero-order valence-electron chi connectivity index (χ0n) is 16.4. The maximum absolute atomic E-state index is 4.77. The third kappa shape index (κ3) is 3.28. The van der Waals surface area contributed by atoms with Gasteiger partial charge in [0, 0.05) is 18.5 Å². The predicted octanol–water partition coefficient (Wildman–Crippen LogP) is 4.66. The van der Waals surface area contributed by atoms with E-state index in [0.29, 0.717) is 5.82 Å². The van der Waals surface area contributed by atoms with Crippen molar-refractivity contribution in [2.75, 3.05) is 0 Å². The number of hydrogen-bond donors (Lipinski definition) is 1. The zero-order chi connectivity index (χ0) is 20.3. The molecular formula is C24H20N6. The molecule has 6 heteroatoms. The first-order valence-corrected chi connectivity index (χ1v) is 9.80. The van der Waals surface area contributed by atoms with Crippen molar-refractivity contribution in [2.45, 2.75) is 13.0 Å². The molecule has 30 heavy (non-hydrogen) atoms. The van der Waals surface area contributed by atoms with Crippen molar-refractivity contribution in [1.82, 2.24) is 30.2 Å². The van der Waals surface area contributed by atoms with Gasteiger partial charge in [0.15, 0.2) is 0 Å². The van der Waals surface area contributed by atoms with Gasteiger partial charge < -0.3 is 4.57 Å². The van der Waals surface area contributed by atoms with Gasteiger partial charge in [-0.15, -0.1) is 16.8 Å². The summed E-state index contributed by atoms with van der Waals surface area (Å²) in [4.78, 5) is 4.77. The highest BCUT2D eigenvalue weighted by atomic mass is 15.5. The molecule has 0 radical (unpaired) electrons. The van der Waals surface area contributed by atoms with Crippen LogP contribution in [0.2, 0.25) is 0 Å². The van der Waals surface area contributed by atoms with Crippen LogP contribution in [-0.4, -0.2) is 30.2 Å². The smallest absolute Gasteiger partial charge is 0.205 e. The second-order valence-electron chi connectivity index (χ2n) is 7.07. The summed E-state index contributed by atoms with van der Waals surface area (Å²) >= 11 is 0. The van der Waals surface area contributed by atoms with Gasteiger partial charge in [-0.1, -0.05) is 66.7 Å². The molecule has 0 atom stereocenters. The van der Waals surface area contributed by atoms with Crippen molar-refractivity contribution >= 4 is 11.0 Å². The summed E-state index contributed by atoms with van der Waals surface area (Å²) in [6.45, 7) is 4.64. The van der Waals surface area contributed by atoms with Gasteiger partial charge in [0.2, 0.25) is 5.82 Å². The maximum atomic E-state index is 4.77. The molecule has 2 aromatic heterocycles. The van der Waals surface area contributed by atoms with Gasteiger partial charge in [-0.05, 0) is 34.0 Å². The van der Waals surface area contributed by atoms with E-state index in [1.165, 1.54) is 5.56 Å². The van der Waals surface area contributed by atoms with Gasteiger partial charge in [-0.2, -0.15) is 5.21 Å². The third-order valence-corrected chi connectivity index (χ3v) is 5.18. The third-order valence-electron chi connectivity index (χ3n) is 5.18. The number of tetrazole rings is 1. The second-order valence-corrected chi connectivity index (χ2v) is 7.07. The van der Waals surface area contributed by atoms with Crippen molar-refractivity contribution in [3.8, 4) is 22.5 Å². The van der Waals surface area contributed by atoms with Crippen molar-refractivity contribution in [1.29, 1.82) is 0 Å². The molecule has 0 amide bonds. The quantitative estimate of drug-likeness (QED) is 0.427. The van der Waals surface area contributed by atoms with Crippen LogP contribution in [0.15, 0.2) is 85.5 Å². The number of hydrogen-bond acceptors (Lipinski definition) is 4. The number of benzene rings is 3. The first-order chi connectivity index (χ1) is 14.8. The molecule has 0 fully saturated rings. The summed E-state index contributed by atoms with van der Waals surface area (Å²) in [6.07, 6.45) is 2.64. The highest BCUT2D eigenvalue weighted by molar-refractivity contribution is 5.80. The van der Waals surface area contributed by atoms with Crippen LogP contribution >= 0.6 is 0 Å². The van der Waals surface area contributed by atoms with Gasteiger partial charge >= 0.3 is 0 Å². The van der Waals surface area contributed by atoms with E-state index in [1.807, 2.05) is 30.3 Å². The topological polar surface area (TPSA) is 72.3 Å². The number of imidazole rings is 1. The monoisotopic (exact) mass is 392 g/mol. The summed E-state index contributed by atoms with van der Waals surface area (Å²) in [5, 5.41) is 14.5. The molecule has 146 valence electrons. The summed E-state index contributed by atoms with van der Waals surface area (Å²) in [5.74, 6) is 1.62. The van der Waals surface area contributed by atoms with Crippen molar-refractivity contribution in [2.24, 2.45) is 0 Å². The summed E-state index contributed by atoms with van der Waals surface area (Å²) in [5.41, 5.74) is 6.50. The van der Waals surface area contributed by atoms with E-state index in [-0.39, 0.29) is 0 Å². The van der Waals surface area contributed by atoms with Crippen LogP contribution in [0.3, 0.4) is 0 Å². The largest absolute Gasteiger partial charge is 0.323 e.